The molecule has 2 aromatic rings. The Kier molecular flexibility index (Phi) is 4.21. The summed E-state index contributed by atoms with van der Waals surface area (Å²) in [4.78, 5) is 0. The predicted octanol–water partition coefficient (Wildman–Crippen LogP) is 2.03. The van der Waals surface area contributed by atoms with Gasteiger partial charge in [0, 0.05) is 12.2 Å². The molecule has 0 bridgehead atoms. The molecule has 1 aliphatic rings. The first kappa shape index (κ1) is 14.1. The number of hydrogen-bond donors (Lipinski definition) is 0. The predicted molar refractivity (Wildman–Crippen MR) is 70.6 cm³/mol. The number of nitrogens with zero attached hydrogens (tertiary/aromatic N) is 3. The fraction of sp³-hybridized carbons (Fsp3) is 0.429. The summed E-state index contributed by atoms with van der Waals surface area (Å²) in [5.41, 5.74) is 0.405. The molecule has 0 spiro atoms. The number of hydrogen-bond acceptors (Lipinski definition) is 4. The van der Waals surface area contributed by atoms with Crippen LogP contribution < -0.4 is 0 Å². The molecule has 7 heteroatoms. The lowest BCUT2D eigenvalue weighted by Crippen LogP contribution is -2.16. The summed E-state index contributed by atoms with van der Waals surface area (Å²) >= 11 is 0. The Morgan fingerprint density at radius 1 is 1.38 bits per heavy atom. The lowest BCUT2D eigenvalue weighted by atomic mass is 10.1. The van der Waals surface area contributed by atoms with E-state index < -0.39 is 11.6 Å². The summed E-state index contributed by atoms with van der Waals surface area (Å²) in [6.07, 6.45) is 2.61. The van der Waals surface area contributed by atoms with Crippen molar-refractivity contribution in [2.75, 3.05) is 19.8 Å². The van der Waals surface area contributed by atoms with Gasteiger partial charge in [0.2, 0.25) is 0 Å². The molecule has 2 heterocycles. The maximum atomic E-state index is 13.6. The number of benzene rings is 1. The van der Waals surface area contributed by atoms with E-state index in [4.69, 9.17) is 9.47 Å². The Morgan fingerprint density at radius 2 is 2.29 bits per heavy atom. The molecule has 3 rings (SSSR count). The molecule has 1 aromatic carbocycles. The Labute approximate surface area is 120 Å². The monoisotopic (exact) mass is 295 g/mol. The van der Waals surface area contributed by atoms with Crippen LogP contribution in [0.3, 0.4) is 0 Å². The third kappa shape index (κ3) is 3.43. The van der Waals surface area contributed by atoms with E-state index in [9.17, 15) is 8.78 Å². The van der Waals surface area contributed by atoms with Crippen LogP contribution in [0.4, 0.5) is 8.78 Å². The van der Waals surface area contributed by atoms with E-state index in [2.05, 4.69) is 10.3 Å². The highest BCUT2D eigenvalue weighted by Gasteiger charge is 2.16. The molecule has 21 heavy (non-hydrogen) atoms. The van der Waals surface area contributed by atoms with Gasteiger partial charge in [0.05, 0.1) is 32.1 Å². The number of ether oxygens (including phenoxy) is 2. The molecule has 1 aliphatic heterocycles. The molecular formula is C14H15F2N3O2. The molecule has 0 N–H and O–H groups in total. The molecule has 1 fully saturated rings. The van der Waals surface area contributed by atoms with Crippen LogP contribution in [-0.4, -0.2) is 40.9 Å². The second-order valence-corrected chi connectivity index (χ2v) is 4.85. The average molecular weight is 295 g/mol. The number of rotatable bonds is 5. The van der Waals surface area contributed by atoms with E-state index in [0.29, 0.717) is 25.5 Å². The normalized spacial score (nSPS) is 18.3. The van der Waals surface area contributed by atoms with Crippen LogP contribution in [0.5, 0.6) is 0 Å². The average Bonchev–Trinajstić information content (AvgIpc) is 3.13. The molecule has 112 valence electrons. The minimum absolute atomic E-state index is 0.103. The second kappa shape index (κ2) is 6.28. The van der Waals surface area contributed by atoms with E-state index in [-0.39, 0.29) is 11.7 Å². The highest BCUT2D eigenvalue weighted by molar-refractivity contribution is 5.58. The number of halogens is 2. The quantitative estimate of drug-likeness (QED) is 0.847. The highest BCUT2D eigenvalue weighted by Crippen LogP contribution is 2.21. The van der Waals surface area contributed by atoms with Gasteiger partial charge in [0.15, 0.2) is 0 Å². The third-order valence-electron chi connectivity index (χ3n) is 3.30. The molecule has 0 aliphatic carbocycles. The van der Waals surface area contributed by atoms with Gasteiger partial charge in [-0.25, -0.2) is 13.5 Å². The van der Waals surface area contributed by atoms with Crippen molar-refractivity contribution in [1.82, 2.24) is 15.0 Å². The fourth-order valence-corrected chi connectivity index (χ4v) is 2.18. The Morgan fingerprint density at radius 3 is 3.10 bits per heavy atom. The standard InChI is InChI=1S/C14H15F2N3O2/c15-10-1-2-13(16)12(7-10)14-8-19(18-17-14)4-6-21-11-3-5-20-9-11/h1-2,7-8,11H,3-6,9H2. The van der Waals surface area contributed by atoms with E-state index in [1.165, 1.54) is 0 Å². The van der Waals surface area contributed by atoms with Crippen LogP contribution in [0.15, 0.2) is 24.4 Å². The number of aromatic nitrogens is 3. The second-order valence-electron chi connectivity index (χ2n) is 4.85. The molecule has 1 atom stereocenters. The fourth-order valence-electron chi connectivity index (χ4n) is 2.18. The van der Waals surface area contributed by atoms with Gasteiger partial charge in [-0.1, -0.05) is 5.21 Å². The first-order valence-electron chi connectivity index (χ1n) is 6.77. The van der Waals surface area contributed by atoms with Gasteiger partial charge in [-0.05, 0) is 24.6 Å². The highest BCUT2D eigenvalue weighted by atomic mass is 19.1. The van der Waals surface area contributed by atoms with E-state index in [1.807, 2.05) is 0 Å². The van der Waals surface area contributed by atoms with Gasteiger partial charge in [-0.3, -0.25) is 0 Å². The van der Waals surface area contributed by atoms with Crippen molar-refractivity contribution in [2.45, 2.75) is 19.1 Å². The van der Waals surface area contributed by atoms with Crippen molar-refractivity contribution in [3.8, 4) is 11.3 Å². The maximum Gasteiger partial charge on any atom is 0.132 e. The summed E-state index contributed by atoms with van der Waals surface area (Å²) < 4.78 is 39.2. The Balaban J connectivity index is 1.61. The van der Waals surface area contributed by atoms with Crippen LogP contribution in [0.1, 0.15) is 6.42 Å². The van der Waals surface area contributed by atoms with Crippen molar-refractivity contribution in [3.05, 3.63) is 36.0 Å². The van der Waals surface area contributed by atoms with Gasteiger partial charge < -0.3 is 9.47 Å². The van der Waals surface area contributed by atoms with Crippen molar-refractivity contribution in [1.29, 1.82) is 0 Å². The third-order valence-corrected chi connectivity index (χ3v) is 3.30. The smallest absolute Gasteiger partial charge is 0.132 e. The molecule has 1 saturated heterocycles. The SMILES string of the molecule is Fc1ccc(F)c(-c2cn(CCOC3CCOC3)nn2)c1. The molecule has 5 nitrogen and oxygen atoms in total. The molecule has 0 radical (unpaired) electrons. The van der Waals surface area contributed by atoms with Crippen LogP contribution >= 0.6 is 0 Å². The van der Waals surface area contributed by atoms with E-state index >= 15 is 0 Å². The first-order chi connectivity index (χ1) is 10.2. The van der Waals surface area contributed by atoms with Crippen LogP contribution in [0, 0.1) is 11.6 Å². The summed E-state index contributed by atoms with van der Waals surface area (Å²) in [7, 11) is 0. The lowest BCUT2D eigenvalue weighted by Gasteiger charge is -2.08. The van der Waals surface area contributed by atoms with Crippen molar-refractivity contribution >= 4 is 0 Å². The molecule has 0 amide bonds. The van der Waals surface area contributed by atoms with Gasteiger partial charge in [-0.2, -0.15) is 0 Å². The van der Waals surface area contributed by atoms with Crippen molar-refractivity contribution < 1.29 is 18.3 Å². The first-order valence-corrected chi connectivity index (χ1v) is 6.77. The van der Waals surface area contributed by atoms with Crippen LogP contribution in [-0.2, 0) is 16.0 Å². The molecule has 0 saturated carbocycles. The topological polar surface area (TPSA) is 49.2 Å². The Hall–Kier alpha value is -1.86. The minimum Gasteiger partial charge on any atom is -0.379 e. The van der Waals surface area contributed by atoms with Crippen LogP contribution in [0.2, 0.25) is 0 Å². The van der Waals surface area contributed by atoms with Gasteiger partial charge in [-0.15, -0.1) is 5.10 Å². The van der Waals surface area contributed by atoms with E-state index in [0.717, 1.165) is 31.2 Å². The van der Waals surface area contributed by atoms with Crippen LogP contribution in [0.25, 0.3) is 11.3 Å². The van der Waals surface area contributed by atoms with Gasteiger partial charge >= 0.3 is 0 Å². The summed E-state index contributed by atoms with van der Waals surface area (Å²) in [5.74, 6) is -1.03. The zero-order valence-electron chi connectivity index (χ0n) is 11.3. The van der Waals surface area contributed by atoms with E-state index in [1.54, 1.807) is 10.9 Å². The summed E-state index contributed by atoms with van der Waals surface area (Å²) in [5, 5.41) is 7.76. The zero-order valence-corrected chi connectivity index (χ0v) is 11.3. The molecule has 1 aromatic heterocycles. The van der Waals surface area contributed by atoms with Crippen molar-refractivity contribution in [3.63, 3.8) is 0 Å². The van der Waals surface area contributed by atoms with Gasteiger partial charge in [0.1, 0.15) is 17.3 Å². The molecule has 1 unspecified atom stereocenters. The summed E-state index contributed by atoms with van der Waals surface area (Å²) in [6.45, 7) is 2.33. The maximum absolute atomic E-state index is 13.6. The minimum atomic E-state index is -0.525. The summed E-state index contributed by atoms with van der Waals surface area (Å²) in [6, 6.07) is 3.25. The lowest BCUT2D eigenvalue weighted by molar-refractivity contribution is 0.0369. The molecular weight excluding hydrogens is 280 g/mol. The van der Waals surface area contributed by atoms with Gasteiger partial charge in [0.25, 0.3) is 0 Å². The van der Waals surface area contributed by atoms with Crippen molar-refractivity contribution in [2.24, 2.45) is 0 Å². The Bertz CT molecular complexity index is 612. The largest absolute Gasteiger partial charge is 0.379 e. The zero-order chi connectivity index (χ0) is 14.7.